The van der Waals surface area contributed by atoms with Gasteiger partial charge in [0, 0.05) is 19.0 Å². The van der Waals surface area contributed by atoms with E-state index >= 15 is 0 Å². The number of methoxy groups -OCH3 is 1. The van der Waals surface area contributed by atoms with Gasteiger partial charge in [-0.05, 0) is 68.7 Å². The number of hydrogen-bond donors (Lipinski definition) is 3. The SMILES string of the molecule is COc1ccc(CCCCOC2=CC=C(CNC3CCC(C(=O)O)(C(=O)O)C3)CC2)cc1Cl. The fourth-order valence-electron chi connectivity index (χ4n) is 4.40. The summed E-state index contributed by atoms with van der Waals surface area (Å²) in [6, 6.07) is 5.77. The Morgan fingerprint density at radius 2 is 1.97 bits per heavy atom. The molecule has 1 unspecified atom stereocenters. The molecule has 1 atom stereocenters. The van der Waals surface area contributed by atoms with Gasteiger partial charge in [0.2, 0.25) is 0 Å². The zero-order chi connectivity index (χ0) is 23.8. The first kappa shape index (κ1) is 25.1. The molecule has 3 rings (SSSR count). The molecule has 0 spiro atoms. The standard InChI is InChI=1S/C25H32ClNO6/c1-32-22-10-7-17(14-21(22)26)4-2-3-13-33-20-8-5-18(6-9-20)16-27-19-11-12-25(15-19,23(28)29)24(30)31/h5,7-8,10,14,19,27H,2-4,6,9,11-13,15-16H2,1H3,(H,28,29)(H,30,31). The van der Waals surface area contributed by atoms with E-state index in [-0.39, 0.29) is 18.9 Å². The topological polar surface area (TPSA) is 105 Å². The van der Waals surface area contributed by atoms with Crippen LogP contribution < -0.4 is 10.1 Å². The number of hydrogen-bond acceptors (Lipinski definition) is 5. The predicted octanol–water partition coefficient (Wildman–Crippen LogP) is 4.59. The van der Waals surface area contributed by atoms with E-state index in [1.54, 1.807) is 7.11 Å². The summed E-state index contributed by atoms with van der Waals surface area (Å²) in [5, 5.41) is 22.6. The molecule has 0 saturated heterocycles. The normalized spacial score (nSPS) is 19.5. The highest BCUT2D eigenvalue weighted by Gasteiger charge is 2.51. The van der Waals surface area contributed by atoms with Crippen molar-refractivity contribution >= 4 is 23.5 Å². The summed E-state index contributed by atoms with van der Waals surface area (Å²) >= 11 is 6.17. The van der Waals surface area contributed by atoms with Gasteiger partial charge >= 0.3 is 11.9 Å². The molecule has 1 fully saturated rings. The Labute approximate surface area is 199 Å². The van der Waals surface area contributed by atoms with E-state index in [2.05, 4.69) is 5.32 Å². The lowest BCUT2D eigenvalue weighted by Crippen LogP contribution is -2.39. The maximum Gasteiger partial charge on any atom is 0.321 e. The second-order valence-corrected chi connectivity index (χ2v) is 9.15. The Hall–Kier alpha value is -2.51. The fraction of sp³-hybridized carbons (Fsp3) is 0.520. The number of carbonyl (C=O) groups is 2. The van der Waals surface area contributed by atoms with Crippen LogP contribution in [0.5, 0.6) is 5.75 Å². The Bertz CT molecular complexity index is 911. The molecule has 2 aliphatic carbocycles. The highest BCUT2D eigenvalue weighted by atomic mass is 35.5. The van der Waals surface area contributed by atoms with Gasteiger partial charge in [-0.1, -0.05) is 29.3 Å². The van der Waals surface area contributed by atoms with E-state index in [9.17, 15) is 19.8 Å². The maximum absolute atomic E-state index is 11.4. The molecule has 0 bridgehead atoms. The van der Waals surface area contributed by atoms with Crippen LogP contribution in [-0.2, 0) is 20.7 Å². The molecule has 180 valence electrons. The number of aliphatic carboxylic acids is 2. The molecule has 0 heterocycles. The van der Waals surface area contributed by atoms with Gasteiger partial charge < -0.3 is 25.0 Å². The van der Waals surface area contributed by atoms with Crippen LogP contribution in [0.2, 0.25) is 5.02 Å². The molecule has 0 aromatic heterocycles. The van der Waals surface area contributed by atoms with Gasteiger partial charge in [0.25, 0.3) is 0 Å². The van der Waals surface area contributed by atoms with Crippen molar-refractivity contribution in [1.82, 2.24) is 5.32 Å². The van der Waals surface area contributed by atoms with Crippen molar-refractivity contribution in [3.63, 3.8) is 0 Å². The molecule has 1 aromatic rings. The number of unbranched alkanes of at least 4 members (excludes halogenated alkanes) is 1. The minimum atomic E-state index is -1.65. The van der Waals surface area contributed by atoms with Gasteiger partial charge in [-0.3, -0.25) is 9.59 Å². The van der Waals surface area contributed by atoms with Crippen molar-refractivity contribution in [2.45, 2.75) is 57.4 Å². The third-order valence-corrected chi connectivity index (χ3v) is 6.81. The summed E-state index contributed by atoms with van der Waals surface area (Å²) in [7, 11) is 1.61. The van der Waals surface area contributed by atoms with Crippen LogP contribution in [0.25, 0.3) is 0 Å². The summed E-state index contributed by atoms with van der Waals surface area (Å²) in [4.78, 5) is 22.9. The Morgan fingerprint density at radius 1 is 1.18 bits per heavy atom. The molecule has 1 saturated carbocycles. The molecule has 1 aromatic carbocycles. The van der Waals surface area contributed by atoms with Gasteiger partial charge in [-0.25, -0.2) is 0 Å². The van der Waals surface area contributed by atoms with Gasteiger partial charge in [0.15, 0.2) is 5.41 Å². The first-order chi connectivity index (χ1) is 15.8. The second-order valence-electron chi connectivity index (χ2n) is 8.75. The van der Waals surface area contributed by atoms with Crippen LogP contribution in [-0.4, -0.2) is 48.5 Å². The van der Waals surface area contributed by atoms with Crippen LogP contribution in [0.4, 0.5) is 0 Å². The lowest BCUT2D eigenvalue weighted by Gasteiger charge is -2.20. The molecule has 0 aliphatic heterocycles. The average Bonchev–Trinajstić information content (AvgIpc) is 3.24. The van der Waals surface area contributed by atoms with E-state index in [4.69, 9.17) is 21.1 Å². The van der Waals surface area contributed by atoms with E-state index in [1.807, 2.05) is 30.4 Å². The number of benzene rings is 1. The van der Waals surface area contributed by atoms with Crippen LogP contribution in [0.1, 0.15) is 50.5 Å². The first-order valence-corrected chi connectivity index (χ1v) is 11.8. The number of carboxylic acid groups (broad SMARTS) is 2. The minimum Gasteiger partial charge on any atom is -0.498 e. The molecular formula is C25H32ClNO6. The predicted molar refractivity (Wildman–Crippen MR) is 126 cm³/mol. The number of carboxylic acids is 2. The van der Waals surface area contributed by atoms with E-state index in [0.29, 0.717) is 30.3 Å². The summed E-state index contributed by atoms with van der Waals surface area (Å²) in [5.74, 6) is -0.822. The van der Waals surface area contributed by atoms with Crippen LogP contribution in [0.3, 0.4) is 0 Å². The summed E-state index contributed by atoms with van der Waals surface area (Å²) in [6.07, 6.45) is 9.49. The zero-order valence-corrected chi connectivity index (χ0v) is 19.7. The Balaban J connectivity index is 1.35. The molecule has 3 N–H and O–H groups in total. The molecule has 0 amide bonds. The number of nitrogens with one attached hydrogen (secondary N) is 1. The van der Waals surface area contributed by atoms with Gasteiger partial charge in [0.1, 0.15) is 5.75 Å². The van der Waals surface area contributed by atoms with Crippen LogP contribution >= 0.6 is 11.6 Å². The monoisotopic (exact) mass is 477 g/mol. The lowest BCUT2D eigenvalue weighted by atomic mass is 9.86. The van der Waals surface area contributed by atoms with Gasteiger partial charge in [-0.15, -0.1) is 0 Å². The quantitative estimate of drug-likeness (QED) is 0.298. The van der Waals surface area contributed by atoms with E-state index in [0.717, 1.165) is 37.9 Å². The van der Waals surface area contributed by atoms with Crippen molar-refractivity contribution < 1.29 is 29.3 Å². The maximum atomic E-state index is 11.4. The third kappa shape index (κ3) is 6.51. The molecule has 8 heteroatoms. The summed E-state index contributed by atoms with van der Waals surface area (Å²) in [5.41, 5.74) is 0.741. The summed E-state index contributed by atoms with van der Waals surface area (Å²) < 4.78 is 11.1. The number of halogens is 1. The highest BCUT2D eigenvalue weighted by molar-refractivity contribution is 6.32. The van der Waals surface area contributed by atoms with E-state index < -0.39 is 17.4 Å². The van der Waals surface area contributed by atoms with Gasteiger partial charge in [-0.2, -0.15) is 0 Å². The molecule has 33 heavy (non-hydrogen) atoms. The molecule has 0 radical (unpaired) electrons. The van der Waals surface area contributed by atoms with Crippen molar-refractivity contribution in [3.05, 3.63) is 52.3 Å². The number of aryl methyl sites for hydroxylation is 1. The molecular weight excluding hydrogens is 446 g/mol. The summed E-state index contributed by atoms with van der Waals surface area (Å²) in [6.45, 7) is 1.31. The lowest BCUT2D eigenvalue weighted by molar-refractivity contribution is -0.164. The number of ether oxygens (including phenoxy) is 2. The van der Waals surface area contributed by atoms with Crippen LogP contribution in [0.15, 0.2) is 41.7 Å². The number of allylic oxidation sites excluding steroid dienone is 3. The first-order valence-electron chi connectivity index (χ1n) is 11.4. The van der Waals surface area contributed by atoms with Crippen molar-refractivity contribution in [1.29, 1.82) is 0 Å². The molecule has 7 nitrogen and oxygen atoms in total. The largest absolute Gasteiger partial charge is 0.498 e. The Morgan fingerprint density at radius 3 is 2.58 bits per heavy atom. The smallest absolute Gasteiger partial charge is 0.321 e. The second kappa shape index (κ2) is 11.6. The minimum absolute atomic E-state index is 0.0969. The van der Waals surface area contributed by atoms with Crippen molar-refractivity contribution in [3.8, 4) is 5.75 Å². The number of rotatable bonds is 12. The highest BCUT2D eigenvalue weighted by Crippen LogP contribution is 2.39. The average molecular weight is 478 g/mol. The Kier molecular flexibility index (Phi) is 8.80. The molecule has 2 aliphatic rings. The van der Waals surface area contributed by atoms with Crippen molar-refractivity contribution in [2.75, 3.05) is 20.3 Å². The van der Waals surface area contributed by atoms with E-state index in [1.165, 1.54) is 11.1 Å². The third-order valence-electron chi connectivity index (χ3n) is 6.51. The van der Waals surface area contributed by atoms with Crippen LogP contribution in [0, 0.1) is 5.41 Å². The zero-order valence-electron chi connectivity index (χ0n) is 18.9. The fourth-order valence-corrected chi connectivity index (χ4v) is 4.68. The van der Waals surface area contributed by atoms with Crippen molar-refractivity contribution in [2.24, 2.45) is 5.41 Å². The van der Waals surface area contributed by atoms with Gasteiger partial charge in [0.05, 0.1) is 24.5 Å².